The first-order valence-corrected chi connectivity index (χ1v) is 19.0. The van der Waals surface area contributed by atoms with Crippen LogP contribution in [0, 0.1) is 12.7 Å². The standard InChI is InChI=1S/C41H41ClF4N8O4/c1-26-31(11-12-35(37(26)42)57-20-19-52-17-15-51(2)16-18-52)36-32(27-7-9-29(43)10-8-27)22-53-38(36)39(47-25-49-53)50-33(40(55)56)21-28-5-3-4-6-34(28)58-23-30-13-14-48-54(30)24-41(44,45)46/h3-14,22,25,33H,15-21,23-24H2,1-2H3,(H,55,56)(H,47,49,50). The van der Waals surface area contributed by atoms with Crippen LogP contribution in [-0.4, -0.2) is 104 Å². The Morgan fingerprint density at radius 3 is 2.47 bits per heavy atom. The van der Waals surface area contributed by atoms with Gasteiger partial charge >= 0.3 is 12.1 Å². The number of nitrogens with one attached hydrogen (secondary N) is 1. The molecule has 1 fully saturated rings. The molecule has 1 atom stereocenters. The van der Waals surface area contributed by atoms with Gasteiger partial charge in [0.1, 0.15) is 55.0 Å². The van der Waals surface area contributed by atoms with Gasteiger partial charge < -0.3 is 24.8 Å². The summed E-state index contributed by atoms with van der Waals surface area (Å²) < 4.78 is 67.9. The summed E-state index contributed by atoms with van der Waals surface area (Å²) in [6.45, 7) is 5.49. The molecule has 0 spiro atoms. The largest absolute Gasteiger partial charge is 0.491 e. The second kappa shape index (κ2) is 17.4. The maximum Gasteiger partial charge on any atom is 0.408 e. The van der Waals surface area contributed by atoms with Crippen LogP contribution < -0.4 is 14.8 Å². The Morgan fingerprint density at radius 2 is 1.72 bits per heavy atom. The average Bonchev–Trinajstić information content (AvgIpc) is 3.80. The minimum absolute atomic E-state index is 0.0879. The number of carboxylic acids is 1. The molecule has 1 aliphatic rings. The molecule has 17 heteroatoms. The van der Waals surface area contributed by atoms with Crippen molar-refractivity contribution in [2.45, 2.75) is 38.7 Å². The fourth-order valence-electron chi connectivity index (χ4n) is 6.98. The number of carboxylic acid groups (broad SMARTS) is 1. The Labute approximate surface area is 336 Å². The molecule has 3 aromatic heterocycles. The van der Waals surface area contributed by atoms with Gasteiger partial charge in [0, 0.05) is 62.7 Å². The van der Waals surface area contributed by atoms with E-state index in [0.717, 1.165) is 37.4 Å². The summed E-state index contributed by atoms with van der Waals surface area (Å²) in [5.74, 6) is -0.590. The van der Waals surface area contributed by atoms with E-state index in [4.69, 9.17) is 21.1 Å². The summed E-state index contributed by atoms with van der Waals surface area (Å²) in [4.78, 5) is 22.0. The van der Waals surface area contributed by atoms with Crippen molar-refractivity contribution in [2.75, 3.05) is 51.7 Å². The molecule has 0 bridgehead atoms. The number of hydrogen-bond acceptors (Lipinski definition) is 9. The summed E-state index contributed by atoms with van der Waals surface area (Å²) in [6.07, 6.45) is -0.242. The summed E-state index contributed by atoms with van der Waals surface area (Å²) in [5.41, 5.74) is 4.49. The number of fused-ring (bicyclic) bond motifs is 1. The van der Waals surface area contributed by atoms with Crippen molar-refractivity contribution in [1.29, 1.82) is 0 Å². The van der Waals surface area contributed by atoms with Gasteiger partial charge in [0.05, 0.1) is 10.7 Å². The predicted molar refractivity (Wildman–Crippen MR) is 211 cm³/mol. The molecule has 3 aromatic carbocycles. The van der Waals surface area contributed by atoms with Gasteiger partial charge in [-0.2, -0.15) is 23.4 Å². The molecule has 0 aliphatic carbocycles. The zero-order valence-corrected chi connectivity index (χ0v) is 32.5. The van der Waals surface area contributed by atoms with Gasteiger partial charge in [0.25, 0.3) is 0 Å². The number of carbonyl (C=O) groups is 1. The van der Waals surface area contributed by atoms with Crippen LogP contribution in [0.25, 0.3) is 27.8 Å². The van der Waals surface area contributed by atoms with Crippen molar-refractivity contribution in [3.8, 4) is 33.8 Å². The second-order valence-electron chi connectivity index (χ2n) is 14.1. The number of aromatic nitrogens is 5. The number of para-hydroxylation sites is 1. The van der Waals surface area contributed by atoms with E-state index in [-0.39, 0.29) is 24.5 Å². The van der Waals surface area contributed by atoms with Crippen molar-refractivity contribution in [1.82, 2.24) is 34.2 Å². The normalized spacial score (nSPS) is 14.5. The third-order valence-electron chi connectivity index (χ3n) is 10.1. The van der Waals surface area contributed by atoms with Crippen LogP contribution in [0.15, 0.2) is 85.5 Å². The van der Waals surface area contributed by atoms with Crippen LogP contribution in [0.1, 0.15) is 16.8 Å². The first-order chi connectivity index (χ1) is 27.8. The van der Waals surface area contributed by atoms with E-state index in [1.165, 1.54) is 30.7 Å². The van der Waals surface area contributed by atoms with Gasteiger partial charge in [0.2, 0.25) is 0 Å². The van der Waals surface area contributed by atoms with Gasteiger partial charge in [0.15, 0.2) is 5.82 Å². The number of likely N-dealkylation sites (N-methyl/N-ethyl adjacent to an activating group) is 1. The number of rotatable bonds is 15. The van der Waals surface area contributed by atoms with E-state index in [1.807, 2.05) is 13.0 Å². The molecule has 1 aliphatic heterocycles. The number of alkyl halides is 3. The lowest BCUT2D eigenvalue weighted by Gasteiger charge is -2.32. The summed E-state index contributed by atoms with van der Waals surface area (Å²) in [5, 5.41) is 22.2. The van der Waals surface area contributed by atoms with Crippen LogP contribution in [0.4, 0.5) is 23.4 Å². The molecule has 0 radical (unpaired) electrons. The molecular weight excluding hydrogens is 780 g/mol. The number of piperazine rings is 1. The smallest absolute Gasteiger partial charge is 0.408 e. The molecule has 1 unspecified atom stereocenters. The molecule has 0 saturated carbocycles. The highest BCUT2D eigenvalue weighted by Crippen LogP contribution is 2.44. The van der Waals surface area contributed by atoms with Crippen LogP contribution >= 0.6 is 11.6 Å². The third kappa shape index (κ3) is 9.35. The highest BCUT2D eigenvalue weighted by Gasteiger charge is 2.30. The lowest BCUT2D eigenvalue weighted by molar-refractivity contribution is -0.143. The minimum atomic E-state index is -4.47. The highest BCUT2D eigenvalue weighted by atomic mass is 35.5. The Bertz CT molecular complexity index is 2380. The van der Waals surface area contributed by atoms with Crippen LogP contribution in [0.2, 0.25) is 5.02 Å². The maximum atomic E-state index is 14.1. The number of aliphatic carboxylic acids is 1. The molecule has 4 heterocycles. The van der Waals surface area contributed by atoms with E-state index in [9.17, 15) is 27.5 Å². The van der Waals surface area contributed by atoms with Crippen molar-refractivity contribution in [3.63, 3.8) is 0 Å². The van der Waals surface area contributed by atoms with Crippen molar-refractivity contribution in [2.24, 2.45) is 0 Å². The average molecular weight is 821 g/mol. The fraction of sp³-hybridized carbons (Fsp3) is 0.317. The van der Waals surface area contributed by atoms with Crippen LogP contribution in [0.5, 0.6) is 11.5 Å². The molecule has 58 heavy (non-hydrogen) atoms. The predicted octanol–water partition coefficient (Wildman–Crippen LogP) is 7.24. The Hall–Kier alpha value is -5.71. The SMILES string of the molecule is Cc1c(-c2c(-c3ccc(F)cc3)cn3ncnc(NC(Cc4ccccc4OCc4ccnn4CC(F)(F)F)C(=O)O)c23)ccc(OCCN2CCN(C)CC2)c1Cl. The molecule has 7 rings (SSSR count). The lowest BCUT2D eigenvalue weighted by atomic mass is 9.94. The van der Waals surface area contributed by atoms with E-state index in [1.54, 1.807) is 53.2 Å². The molecular formula is C41H41ClF4N8O4. The Kier molecular flexibility index (Phi) is 12.2. The van der Waals surface area contributed by atoms with Gasteiger partial charge in [-0.25, -0.2) is 18.7 Å². The van der Waals surface area contributed by atoms with Gasteiger partial charge in [-0.1, -0.05) is 48.0 Å². The minimum Gasteiger partial charge on any atom is -0.491 e. The topological polar surface area (TPSA) is 122 Å². The van der Waals surface area contributed by atoms with E-state index < -0.39 is 30.5 Å². The van der Waals surface area contributed by atoms with Crippen molar-refractivity contribution < 1.29 is 36.9 Å². The first-order valence-electron chi connectivity index (χ1n) is 18.6. The quantitative estimate of drug-likeness (QED) is 0.103. The number of benzene rings is 3. The molecule has 2 N–H and O–H groups in total. The zero-order valence-electron chi connectivity index (χ0n) is 31.7. The Morgan fingerprint density at radius 1 is 0.966 bits per heavy atom. The number of anilines is 1. The Balaban J connectivity index is 1.20. The van der Waals surface area contributed by atoms with E-state index in [0.29, 0.717) is 62.0 Å². The lowest BCUT2D eigenvalue weighted by Crippen LogP contribution is -2.45. The monoisotopic (exact) mass is 820 g/mol. The second-order valence-corrected chi connectivity index (χ2v) is 14.5. The number of nitrogens with zero attached hydrogens (tertiary/aromatic N) is 7. The van der Waals surface area contributed by atoms with Gasteiger partial charge in [-0.05, 0) is 66.6 Å². The number of ether oxygens (including phenoxy) is 2. The molecule has 304 valence electrons. The van der Waals surface area contributed by atoms with Crippen molar-refractivity contribution in [3.05, 3.63) is 113 Å². The summed E-state index contributed by atoms with van der Waals surface area (Å²) in [6, 6.07) is 16.6. The van der Waals surface area contributed by atoms with E-state index >= 15 is 0 Å². The molecule has 1 saturated heterocycles. The number of hydrogen-bond donors (Lipinski definition) is 2. The van der Waals surface area contributed by atoms with Gasteiger partial charge in [-0.3, -0.25) is 9.58 Å². The fourth-order valence-corrected chi connectivity index (χ4v) is 7.20. The van der Waals surface area contributed by atoms with E-state index in [2.05, 4.69) is 37.3 Å². The zero-order chi connectivity index (χ0) is 41.0. The molecule has 12 nitrogen and oxygen atoms in total. The molecule has 6 aromatic rings. The summed E-state index contributed by atoms with van der Waals surface area (Å²) >= 11 is 7.00. The van der Waals surface area contributed by atoms with Crippen molar-refractivity contribution >= 4 is 28.9 Å². The highest BCUT2D eigenvalue weighted by molar-refractivity contribution is 6.33. The number of halogens is 5. The third-order valence-corrected chi connectivity index (χ3v) is 10.6. The maximum absolute atomic E-state index is 14.1. The molecule has 0 amide bonds. The van der Waals surface area contributed by atoms with Crippen LogP contribution in [0.3, 0.4) is 0 Å². The first kappa shape index (κ1) is 40.5. The van der Waals surface area contributed by atoms with Crippen LogP contribution in [-0.2, 0) is 24.4 Å². The van der Waals surface area contributed by atoms with Gasteiger partial charge in [-0.15, -0.1) is 0 Å². The summed E-state index contributed by atoms with van der Waals surface area (Å²) in [7, 11) is 2.11.